The molecule has 2 aromatic carbocycles. The number of hydrogen-bond acceptors (Lipinski definition) is 1. The van der Waals surface area contributed by atoms with Crippen LogP contribution in [0, 0.1) is 0 Å². The Morgan fingerprint density at radius 2 is 1.65 bits per heavy atom. The number of nitrogens with zero attached hydrogens (tertiary/aromatic N) is 1. The van der Waals surface area contributed by atoms with E-state index in [2.05, 4.69) is 24.3 Å². The average Bonchev–Trinajstić information content (AvgIpc) is 2.82. The summed E-state index contributed by atoms with van der Waals surface area (Å²) < 4.78 is 1.74. The number of benzene rings is 2. The Hall–Kier alpha value is -2.81. The fourth-order valence-corrected chi connectivity index (χ4v) is 2.78. The van der Waals surface area contributed by atoms with Gasteiger partial charge in [0.25, 0.3) is 0 Å². The molecule has 0 amide bonds. The van der Waals surface area contributed by atoms with Gasteiger partial charge in [0.15, 0.2) is 0 Å². The molecule has 0 saturated heterocycles. The molecule has 0 aliphatic heterocycles. The van der Waals surface area contributed by atoms with Crippen molar-refractivity contribution < 1.29 is 9.90 Å². The number of pyridine rings is 1. The third-order valence-corrected chi connectivity index (χ3v) is 3.71. The van der Waals surface area contributed by atoms with Crippen LogP contribution in [-0.2, 0) is 0 Å². The number of aromatic nitrogens is 1. The maximum atomic E-state index is 11.3. The van der Waals surface area contributed by atoms with E-state index < -0.39 is 5.97 Å². The molecule has 20 heavy (non-hydrogen) atoms. The van der Waals surface area contributed by atoms with Crippen molar-refractivity contribution in [3.05, 3.63) is 66.5 Å². The van der Waals surface area contributed by atoms with Gasteiger partial charge in [-0.25, -0.2) is 4.79 Å². The van der Waals surface area contributed by atoms with E-state index in [-0.39, 0.29) is 5.69 Å². The van der Waals surface area contributed by atoms with Crippen molar-refractivity contribution in [2.75, 3.05) is 0 Å². The highest BCUT2D eigenvalue weighted by molar-refractivity contribution is 6.06. The summed E-state index contributed by atoms with van der Waals surface area (Å²) in [6, 6.07) is 17.7. The van der Waals surface area contributed by atoms with Crippen LogP contribution in [0.5, 0.6) is 0 Å². The molecule has 4 rings (SSSR count). The van der Waals surface area contributed by atoms with Crippen LogP contribution in [-0.4, -0.2) is 15.5 Å². The van der Waals surface area contributed by atoms with Gasteiger partial charge in [-0.05, 0) is 35.0 Å². The predicted octanol–water partition coefficient (Wildman–Crippen LogP) is 3.94. The third-order valence-electron chi connectivity index (χ3n) is 3.71. The molecule has 0 unspecified atom stereocenters. The maximum Gasteiger partial charge on any atom is 0.352 e. The van der Waals surface area contributed by atoms with Crippen LogP contribution >= 0.6 is 0 Å². The highest BCUT2D eigenvalue weighted by Crippen LogP contribution is 2.28. The van der Waals surface area contributed by atoms with E-state index in [1.165, 1.54) is 0 Å². The second kappa shape index (κ2) is 3.84. The van der Waals surface area contributed by atoms with Gasteiger partial charge in [-0.1, -0.05) is 30.3 Å². The first kappa shape index (κ1) is 11.1. The zero-order valence-electron chi connectivity index (χ0n) is 10.6. The van der Waals surface area contributed by atoms with Crippen molar-refractivity contribution in [2.45, 2.75) is 0 Å². The summed E-state index contributed by atoms with van der Waals surface area (Å²) >= 11 is 0. The first-order chi connectivity index (χ1) is 9.74. The van der Waals surface area contributed by atoms with Gasteiger partial charge in [-0.2, -0.15) is 0 Å². The molecule has 3 heteroatoms. The van der Waals surface area contributed by atoms with Crippen LogP contribution in [0.15, 0.2) is 60.8 Å². The first-order valence-corrected chi connectivity index (χ1v) is 6.40. The van der Waals surface area contributed by atoms with Crippen LogP contribution in [0.25, 0.3) is 27.1 Å². The Labute approximate surface area is 114 Å². The van der Waals surface area contributed by atoms with E-state index in [1.807, 2.05) is 24.4 Å². The molecule has 1 N–H and O–H groups in total. The Kier molecular flexibility index (Phi) is 2.12. The van der Waals surface area contributed by atoms with Crippen molar-refractivity contribution >= 4 is 33.0 Å². The molecule has 0 bridgehead atoms. The molecule has 4 aromatic rings. The largest absolute Gasteiger partial charge is 0.477 e. The van der Waals surface area contributed by atoms with Crippen molar-refractivity contribution in [1.29, 1.82) is 0 Å². The van der Waals surface area contributed by atoms with Gasteiger partial charge in [-0.3, -0.25) is 0 Å². The molecule has 0 aliphatic rings. The lowest BCUT2D eigenvalue weighted by Crippen LogP contribution is -2.03. The van der Waals surface area contributed by atoms with Crippen molar-refractivity contribution in [2.24, 2.45) is 0 Å². The predicted molar refractivity (Wildman–Crippen MR) is 79.4 cm³/mol. The summed E-state index contributed by atoms with van der Waals surface area (Å²) in [4.78, 5) is 11.3. The zero-order chi connectivity index (χ0) is 13.7. The minimum Gasteiger partial charge on any atom is -0.477 e. The Morgan fingerprint density at radius 3 is 2.40 bits per heavy atom. The minimum absolute atomic E-state index is 0.280. The number of carboxylic acid groups (broad SMARTS) is 1. The fraction of sp³-hybridized carbons (Fsp3) is 0. The lowest BCUT2D eigenvalue weighted by Gasteiger charge is -2.00. The van der Waals surface area contributed by atoms with Crippen molar-refractivity contribution in [3.63, 3.8) is 0 Å². The summed E-state index contributed by atoms with van der Waals surface area (Å²) in [6.45, 7) is 0. The molecular formula is C17H11NO2. The maximum absolute atomic E-state index is 11.3. The summed E-state index contributed by atoms with van der Waals surface area (Å²) in [5.74, 6) is -0.916. The van der Waals surface area contributed by atoms with Crippen molar-refractivity contribution in [3.8, 4) is 0 Å². The van der Waals surface area contributed by atoms with E-state index in [0.29, 0.717) is 0 Å². The topological polar surface area (TPSA) is 41.7 Å². The fourth-order valence-electron chi connectivity index (χ4n) is 2.78. The molecular weight excluding hydrogens is 250 g/mol. The van der Waals surface area contributed by atoms with Gasteiger partial charge in [0.05, 0.1) is 5.52 Å². The van der Waals surface area contributed by atoms with Gasteiger partial charge < -0.3 is 9.51 Å². The standard InChI is InChI=1S/C17H11NO2/c19-17(20)16-7-3-6-15-14-9-12-5-2-1-4-11(12)8-13(14)10-18(15)16/h1-10H,(H,19,20). The summed E-state index contributed by atoms with van der Waals surface area (Å²) in [7, 11) is 0. The van der Waals surface area contributed by atoms with Gasteiger partial charge in [0, 0.05) is 17.0 Å². The minimum atomic E-state index is -0.916. The molecule has 0 fully saturated rings. The highest BCUT2D eigenvalue weighted by Gasteiger charge is 2.11. The number of carbonyl (C=O) groups is 1. The van der Waals surface area contributed by atoms with Crippen LogP contribution in [0.4, 0.5) is 0 Å². The van der Waals surface area contributed by atoms with E-state index in [9.17, 15) is 9.90 Å². The Morgan fingerprint density at radius 1 is 0.900 bits per heavy atom. The quantitative estimate of drug-likeness (QED) is 0.563. The second-order valence-electron chi connectivity index (χ2n) is 4.89. The third kappa shape index (κ3) is 1.43. The Bertz CT molecular complexity index is 982. The molecule has 0 radical (unpaired) electrons. The molecule has 0 saturated carbocycles. The number of carboxylic acids is 1. The van der Waals surface area contributed by atoms with Gasteiger partial charge >= 0.3 is 5.97 Å². The zero-order valence-corrected chi connectivity index (χ0v) is 10.6. The van der Waals surface area contributed by atoms with Crippen LogP contribution < -0.4 is 0 Å². The second-order valence-corrected chi connectivity index (χ2v) is 4.89. The van der Waals surface area contributed by atoms with E-state index in [4.69, 9.17) is 0 Å². The van der Waals surface area contributed by atoms with E-state index in [0.717, 1.165) is 27.1 Å². The number of rotatable bonds is 1. The lowest BCUT2D eigenvalue weighted by molar-refractivity contribution is 0.0689. The van der Waals surface area contributed by atoms with E-state index >= 15 is 0 Å². The van der Waals surface area contributed by atoms with E-state index in [1.54, 1.807) is 16.5 Å². The highest BCUT2D eigenvalue weighted by atomic mass is 16.4. The monoisotopic (exact) mass is 261 g/mol. The Balaban J connectivity index is 2.21. The first-order valence-electron chi connectivity index (χ1n) is 6.40. The smallest absolute Gasteiger partial charge is 0.352 e. The lowest BCUT2D eigenvalue weighted by atomic mass is 10.1. The average molecular weight is 261 g/mol. The SMILES string of the molecule is O=C(O)c1cccc2c3cc4ccccc4cc3cn12. The summed E-state index contributed by atoms with van der Waals surface area (Å²) in [5.41, 5.74) is 1.20. The van der Waals surface area contributed by atoms with Crippen LogP contribution in [0.3, 0.4) is 0 Å². The molecule has 0 aliphatic carbocycles. The molecule has 96 valence electrons. The molecule has 0 atom stereocenters. The number of fused-ring (bicyclic) bond motifs is 4. The van der Waals surface area contributed by atoms with Crippen molar-refractivity contribution in [1.82, 2.24) is 4.40 Å². The molecule has 3 nitrogen and oxygen atoms in total. The normalized spacial score (nSPS) is 11.4. The van der Waals surface area contributed by atoms with Crippen LogP contribution in [0.1, 0.15) is 10.5 Å². The molecule has 2 aromatic heterocycles. The summed E-state index contributed by atoms with van der Waals surface area (Å²) in [5, 5.41) is 13.7. The van der Waals surface area contributed by atoms with Crippen LogP contribution in [0.2, 0.25) is 0 Å². The molecule has 2 heterocycles. The molecule has 0 spiro atoms. The van der Waals surface area contributed by atoms with Gasteiger partial charge in [0.1, 0.15) is 5.69 Å². The van der Waals surface area contributed by atoms with Gasteiger partial charge in [0.2, 0.25) is 0 Å². The summed E-state index contributed by atoms with van der Waals surface area (Å²) in [6.07, 6.45) is 1.89. The number of hydrogen-bond donors (Lipinski definition) is 1. The number of aromatic carboxylic acids is 1. The van der Waals surface area contributed by atoms with Gasteiger partial charge in [-0.15, -0.1) is 0 Å².